The van der Waals surface area contributed by atoms with Gasteiger partial charge in [0.25, 0.3) is 0 Å². The largest absolute Gasteiger partial charge is 0.379 e. The minimum Gasteiger partial charge on any atom is -0.379 e. The van der Waals surface area contributed by atoms with Crippen molar-refractivity contribution < 1.29 is 10.2 Å². The molecule has 0 aromatic rings. The Hall–Kier alpha value is -0.120. The first-order chi connectivity index (χ1) is 16.2. The molecule has 0 fully saturated rings. The van der Waals surface area contributed by atoms with Crippen molar-refractivity contribution in [2.75, 3.05) is 0 Å². The maximum absolute atomic E-state index is 9.96. The maximum atomic E-state index is 9.96. The molecule has 0 aliphatic carbocycles. The third kappa shape index (κ3) is 28.0. The van der Waals surface area contributed by atoms with E-state index >= 15 is 0 Å². The molecule has 0 aromatic heterocycles. The molecule has 3 N–H and O–H groups in total. The van der Waals surface area contributed by atoms with E-state index in [1.54, 1.807) is 0 Å². The van der Waals surface area contributed by atoms with E-state index in [0.717, 1.165) is 38.5 Å². The molecule has 0 saturated carbocycles. The van der Waals surface area contributed by atoms with Crippen LogP contribution in [0.3, 0.4) is 0 Å². The summed E-state index contributed by atoms with van der Waals surface area (Å²) >= 11 is 0. The summed E-state index contributed by atoms with van der Waals surface area (Å²) in [6.07, 6.45) is 33.0. The van der Waals surface area contributed by atoms with Gasteiger partial charge >= 0.3 is 0 Å². The summed E-state index contributed by atoms with van der Waals surface area (Å²) in [5, 5.41) is 22.7. The Balaban J connectivity index is 3.15. The minimum absolute atomic E-state index is 0.554. The van der Waals surface area contributed by atoms with Crippen LogP contribution < -0.4 is 5.32 Å². The number of hydrogen-bond donors (Lipinski definition) is 3. The summed E-state index contributed by atoms with van der Waals surface area (Å²) < 4.78 is 0. The van der Waals surface area contributed by atoms with E-state index in [0.29, 0.717) is 0 Å². The van der Waals surface area contributed by atoms with E-state index in [1.807, 2.05) is 0 Å². The lowest BCUT2D eigenvalue weighted by Crippen LogP contribution is -2.38. The predicted molar refractivity (Wildman–Crippen MR) is 147 cm³/mol. The van der Waals surface area contributed by atoms with Gasteiger partial charge in [0, 0.05) is 0 Å². The number of nitrogens with one attached hydrogen (secondary N) is 1. The van der Waals surface area contributed by atoms with Gasteiger partial charge in [0.15, 0.2) is 0 Å². The third-order valence-corrected chi connectivity index (χ3v) is 7.05. The van der Waals surface area contributed by atoms with Crippen molar-refractivity contribution in [3.05, 3.63) is 0 Å². The molecule has 0 aliphatic rings. The second-order valence-corrected chi connectivity index (χ2v) is 10.6. The third-order valence-electron chi connectivity index (χ3n) is 7.05. The molecular weight excluding hydrogens is 406 g/mol. The van der Waals surface area contributed by atoms with Gasteiger partial charge in [-0.2, -0.15) is 0 Å². The van der Waals surface area contributed by atoms with Crippen LogP contribution in [-0.4, -0.2) is 22.7 Å². The zero-order chi connectivity index (χ0) is 24.2. The lowest BCUT2D eigenvalue weighted by Gasteiger charge is -2.18. The van der Waals surface area contributed by atoms with Gasteiger partial charge in [0.05, 0.1) is 0 Å². The summed E-state index contributed by atoms with van der Waals surface area (Å²) in [7, 11) is 0. The van der Waals surface area contributed by atoms with Crippen molar-refractivity contribution in [3.8, 4) is 0 Å². The Morgan fingerprint density at radius 2 is 0.576 bits per heavy atom. The van der Waals surface area contributed by atoms with Crippen LogP contribution in [0, 0.1) is 0 Å². The normalized spacial score (nSPS) is 13.5. The van der Waals surface area contributed by atoms with Gasteiger partial charge in [-0.25, -0.2) is 0 Å². The van der Waals surface area contributed by atoms with Crippen LogP contribution in [0.15, 0.2) is 0 Å². The molecule has 200 valence electrons. The van der Waals surface area contributed by atoms with Crippen LogP contribution in [0.1, 0.15) is 181 Å². The lowest BCUT2D eigenvalue weighted by atomic mass is 10.0. The SMILES string of the molecule is CCCCCCCCCCCCCCCCCCCCCCCC(O)NC(O)CCCCC. The van der Waals surface area contributed by atoms with E-state index < -0.39 is 12.5 Å². The zero-order valence-corrected chi connectivity index (χ0v) is 22.9. The number of aliphatic hydroxyl groups is 2. The molecule has 2 unspecified atom stereocenters. The average molecular weight is 470 g/mol. The van der Waals surface area contributed by atoms with Gasteiger partial charge in [-0.15, -0.1) is 0 Å². The molecule has 0 heterocycles. The van der Waals surface area contributed by atoms with Crippen LogP contribution in [-0.2, 0) is 0 Å². The highest BCUT2D eigenvalue weighted by Gasteiger charge is 2.09. The molecule has 3 nitrogen and oxygen atoms in total. The quantitative estimate of drug-likeness (QED) is 0.0790. The molecule has 33 heavy (non-hydrogen) atoms. The minimum atomic E-state index is -0.554. The van der Waals surface area contributed by atoms with Crippen LogP contribution in [0.25, 0.3) is 0 Å². The summed E-state index contributed by atoms with van der Waals surface area (Å²) in [6.45, 7) is 4.46. The van der Waals surface area contributed by atoms with Crippen molar-refractivity contribution in [2.45, 2.75) is 193 Å². The van der Waals surface area contributed by atoms with Crippen LogP contribution >= 0.6 is 0 Å². The first-order valence-corrected chi connectivity index (χ1v) is 15.3. The highest BCUT2D eigenvalue weighted by Crippen LogP contribution is 2.15. The summed E-state index contributed by atoms with van der Waals surface area (Å²) in [5.41, 5.74) is 0. The van der Waals surface area contributed by atoms with Gasteiger partial charge in [0.1, 0.15) is 12.5 Å². The van der Waals surface area contributed by atoms with Gasteiger partial charge < -0.3 is 10.2 Å². The molecule has 0 spiro atoms. The van der Waals surface area contributed by atoms with Gasteiger partial charge in [0.2, 0.25) is 0 Å². The molecule has 0 radical (unpaired) electrons. The first kappa shape index (κ1) is 32.9. The topological polar surface area (TPSA) is 52.5 Å². The Labute approximate surface area is 208 Å². The van der Waals surface area contributed by atoms with Crippen molar-refractivity contribution >= 4 is 0 Å². The second kappa shape index (κ2) is 28.1. The molecule has 0 saturated heterocycles. The Bertz CT molecular complexity index is 350. The Morgan fingerprint density at radius 3 is 0.879 bits per heavy atom. The molecular formula is C30H63NO2. The summed E-state index contributed by atoms with van der Waals surface area (Å²) in [4.78, 5) is 0. The van der Waals surface area contributed by atoms with E-state index in [2.05, 4.69) is 19.2 Å². The number of rotatable bonds is 28. The Morgan fingerprint density at radius 1 is 0.364 bits per heavy atom. The zero-order valence-electron chi connectivity index (χ0n) is 22.9. The predicted octanol–water partition coefficient (Wildman–Crippen LogP) is 9.40. The van der Waals surface area contributed by atoms with Crippen molar-refractivity contribution in [1.29, 1.82) is 0 Å². The van der Waals surface area contributed by atoms with Gasteiger partial charge in [-0.3, -0.25) is 5.32 Å². The van der Waals surface area contributed by atoms with Crippen molar-refractivity contribution in [3.63, 3.8) is 0 Å². The average Bonchev–Trinajstić information content (AvgIpc) is 2.80. The molecule has 0 amide bonds. The number of aliphatic hydroxyl groups excluding tert-OH is 2. The molecule has 0 aromatic carbocycles. The van der Waals surface area contributed by atoms with Crippen LogP contribution in [0.2, 0.25) is 0 Å². The van der Waals surface area contributed by atoms with Crippen LogP contribution in [0.4, 0.5) is 0 Å². The summed E-state index contributed by atoms with van der Waals surface area (Å²) in [6, 6.07) is 0. The first-order valence-electron chi connectivity index (χ1n) is 15.3. The fourth-order valence-electron chi connectivity index (χ4n) is 4.75. The van der Waals surface area contributed by atoms with Crippen molar-refractivity contribution in [2.24, 2.45) is 0 Å². The summed E-state index contributed by atoms with van der Waals surface area (Å²) in [5.74, 6) is 0. The fourth-order valence-corrected chi connectivity index (χ4v) is 4.75. The molecule has 0 rings (SSSR count). The lowest BCUT2D eigenvalue weighted by molar-refractivity contribution is 0.0311. The van der Waals surface area contributed by atoms with E-state index in [1.165, 1.54) is 128 Å². The monoisotopic (exact) mass is 469 g/mol. The highest BCUT2D eigenvalue weighted by atomic mass is 16.3. The van der Waals surface area contributed by atoms with Gasteiger partial charge in [-0.05, 0) is 25.7 Å². The van der Waals surface area contributed by atoms with Crippen LogP contribution in [0.5, 0.6) is 0 Å². The molecule has 0 aliphatic heterocycles. The Kier molecular flexibility index (Phi) is 28.0. The van der Waals surface area contributed by atoms with Gasteiger partial charge in [-0.1, -0.05) is 155 Å². The standard InChI is InChI=1S/C30H63NO2/c1-3-5-7-8-9-10-11-12-13-14-15-16-17-18-19-20-21-22-23-24-26-28-30(33)31-29(32)27-25-6-4-2/h29-33H,3-28H2,1-2H3. The highest BCUT2D eigenvalue weighted by molar-refractivity contribution is 4.59. The fraction of sp³-hybridized carbons (Fsp3) is 1.00. The van der Waals surface area contributed by atoms with E-state index in [-0.39, 0.29) is 0 Å². The molecule has 3 heteroatoms. The van der Waals surface area contributed by atoms with E-state index in [4.69, 9.17) is 0 Å². The van der Waals surface area contributed by atoms with Crippen molar-refractivity contribution in [1.82, 2.24) is 5.32 Å². The molecule has 0 bridgehead atoms. The maximum Gasteiger partial charge on any atom is 0.106 e. The van der Waals surface area contributed by atoms with E-state index in [9.17, 15) is 10.2 Å². The second-order valence-electron chi connectivity index (χ2n) is 10.6. The number of hydrogen-bond acceptors (Lipinski definition) is 3. The molecule has 2 atom stereocenters. The smallest absolute Gasteiger partial charge is 0.106 e. The number of unbranched alkanes of at least 4 members (excludes halogenated alkanes) is 22.